The van der Waals surface area contributed by atoms with E-state index in [9.17, 15) is 9.18 Å². The van der Waals surface area contributed by atoms with E-state index in [0.29, 0.717) is 25.1 Å². The van der Waals surface area contributed by atoms with E-state index in [-0.39, 0.29) is 16.5 Å². The van der Waals surface area contributed by atoms with Gasteiger partial charge in [-0.1, -0.05) is 30.8 Å². The molecule has 1 aliphatic rings. The zero-order chi connectivity index (χ0) is 13.8. The standard InChI is InChI=1S/C14H17FN2OS/c15-13-10(5-4-6-11(13)14(16)19)9-17-8-3-1-2-7-12(17)18/h4-6H,1-3,7-9H2,(H2,16,19). The molecule has 1 fully saturated rings. The van der Waals surface area contributed by atoms with Gasteiger partial charge in [-0.25, -0.2) is 4.39 Å². The average Bonchev–Trinajstić information content (AvgIpc) is 2.57. The zero-order valence-corrected chi connectivity index (χ0v) is 11.5. The van der Waals surface area contributed by atoms with Crippen LogP contribution in [0.1, 0.15) is 36.8 Å². The molecule has 0 aromatic heterocycles. The number of nitrogens with two attached hydrogens (primary N) is 1. The first-order valence-corrected chi connectivity index (χ1v) is 6.85. The van der Waals surface area contributed by atoms with Gasteiger partial charge in [-0.2, -0.15) is 0 Å². The quantitative estimate of drug-likeness (QED) is 0.865. The van der Waals surface area contributed by atoms with E-state index in [1.807, 2.05) is 0 Å². The van der Waals surface area contributed by atoms with Crippen molar-refractivity contribution in [3.8, 4) is 0 Å². The van der Waals surface area contributed by atoms with Crippen molar-refractivity contribution in [3.63, 3.8) is 0 Å². The van der Waals surface area contributed by atoms with Crippen molar-refractivity contribution in [3.05, 3.63) is 35.1 Å². The average molecular weight is 280 g/mol. The summed E-state index contributed by atoms with van der Waals surface area (Å²) in [6.45, 7) is 0.983. The fourth-order valence-electron chi connectivity index (χ4n) is 2.30. The first kappa shape index (κ1) is 13.9. The van der Waals surface area contributed by atoms with E-state index >= 15 is 0 Å². The number of likely N-dealkylation sites (tertiary alicyclic amines) is 1. The lowest BCUT2D eigenvalue weighted by Crippen LogP contribution is -2.30. The Morgan fingerprint density at radius 3 is 2.89 bits per heavy atom. The summed E-state index contributed by atoms with van der Waals surface area (Å²) in [5.74, 6) is -0.315. The number of nitrogens with zero attached hydrogens (tertiary/aromatic N) is 1. The number of carbonyl (C=O) groups excluding carboxylic acids is 1. The van der Waals surface area contributed by atoms with Crippen LogP contribution in [0.5, 0.6) is 0 Å². The van der Waals surface area contributed by atoms with E-state index in [1.165, 1.54) is 0 Å². The lowest BCUT2D eigenvalue weighted by atomic mass is 10.1. The van der Waals surface area contributed by atoms with E-state index in [1.54, 1.807) is 23.1 Å². The smallest absolute Gasteiger partial charge is 0.222 e. The SMILES string of the molecule is NC(=S)c1cccc(CN2CCCCCC2=O)c1F. The van der Waals surface area contributed by atoms with Crippen LogP contribution in [0.25, 0.3) is 0 Å². The van der Waals surface area contributed by atoms with Gasteiger partial charge in [0.05, 0.1) is 0 Å². The molecule has 0 saturated carbocycles. The van der Waals surface area contributed by atoms with Gasteiger partial charge in [0.25, 0.3) is 0 Å². The number of thiocarbonyl (C=S) groups is 1. The Morgan fingerprint density at radius 1 is 1.37 bits per heavy atom. The minimum Gasteiger partial charge on any atom is -0.389 e. The lowest BCUT2D eigenvalue weighted by molar-refractivity contribution is -0.131. The summed E-state index contributed by atoms with van der Waals surface area (Å²) in [6.07, 6.45) is 3.50. The van der Waals surface area contributed by atoms with Crippen molar-refractivity contribution >= 4 is 23.1 Å². The third-order valence-electron chi connectivity index (χ3n) is 3.38. The first-order valence-electron chi connectivity index (χ1n) is 6.44. The molecule has 0 unspecified atom stereocenters. The van der Waals surface area contributed by atoms with Gasteiger partial charge < -0.3 is 10.6 Å². The summed E-state index contributed by atoms with van der Waals surface area (Å²) in [7, 11) is 0. The number of carbonyl (C=O) groups is 1. The van der Waals surface area contributed by atoms with Crippen LogP contribution in [0.4, 0.5) is 4.39 Å². The third-order valence-corrected chi connectivity index (χ3v) is 3.60. The molecule has 1 aliphatic heterocycles. The lowest BCUT2D eigenvalue weighted by Gasteiger charge is -2.21. The van der Waals surface area contributed by atoms with E-state index < -0.39 is 5.82 Å². The van der Waals surface area contributed by atoms with Crippen LogP contribution < -0.4 is 5.73 Å². The second-order valence-corrected chi connectivity index (χ2v) is 5.21. The minimum atomic E-state index is -0.410. The highest BCUT2D eigenvalue weighted by Crippen LogP contribution is 2.18. The van der Waals surface area contributed by atoms with Crippen LogP contribution in [0, 0.1) is 5.82 Å². The molecule has 102 valence electrons. The molecule has 1 aromatic carbocycles. The fraction of sp³-hybridized carbons (Fsp3) is 0.429. The Morgan fingerprint density at radius 2 is 2.16 bits per heavy atom. The maximum Gasteiger partial charge on any atom is 0.222 e. The number of halogens is 1. The predicted octanol–water partition coefficient (Wildman–Crippen LogP) is 2.36. The molecule has 0 atom stereocenters. The van der Waals surface area contributed by atoms with Crippen LogP contribution >= 0.6 is 12.2 Å². The van der Waals surface area contributed by atoms with Gasteiger partial charge in [0.1, 0.15) is 10.8 Å². The van der Waals surface area contributed by atoms with Gasteiger partial charge in [0.2, 0.25) is 5.91 Å². The topological polar surface area (TPSA) is 46.3 Å². The van der Waals surface area contributed by atoms with Crippen molar-refractivity contribution in [1.82, 2.24) is 4.90 Å². The largest absolute Gasteiger partial charge is 0.389 e. The molecule has 2 rings (SSSR count). The number of rotatable bonds is 3. The van der Waals surface area contributed by atoms with Crippen molar-refractivity contribution < 1.29 is 9.18 Å². The second-order valence-electron chi connectivity index (χ2n) is 4.77. The molecule has 0 bridgehead atoms. The number of hydrogen-bond acceptors (Lipinski definition) is 2. The van der Waals surface area contributed by atoms with Crippen LogP contribution in [0.15, 0.2) is 18.2 Å². The van der Waals surface area contributed by atoms with Crippen molar-refractivity contribution in [2.75, 3.05) is 6.54 Å². The molecule has 0 radical (unpaired) electrons. The summed E-state index contributed by atoms with van der Waals surface area (Å²) in [4.78, 5) is 13.7. The highest BCUT2D eigenvalue weighted by molar-refractivity contribution is 7.80. The van der Waals surface area contributed by atoms with Gasteiger partial charge in [0.15, 0.2) is 0 Å². The minimum absolute atomic E-state index is 0.0431. The summed E-state index contributed by atoms with van der Waals surface area (Å²) >= 11 is 4.82. The van der Waals surface area contributed by atoms with Gasteiger partial charge in [-0.15, -0.1) is 0 Å². The molecule has 3 nitrogen and oxygen atoms in total. The van der Waals surface area contributed by atoms with Crippen molar-refractivity contribution in [2.24, 2.45) is 5.73 Å². The number of hydrogen-bond donors (Lipinski definition) is 1. The summed E-state index contributed by atoms with van der Waals surface area (Å²) < 4.78 is 14.2. The van der Waals surface area contributed by atoms with Gasteiger partial charge in [-0.3, -0.25) is 4.79 Å². The highest BCUT2D eigenvalue weighted by atomic mass is 32.1. The molecule has 0 aliphatic carbocycles. The monoisotopic (exact) mass is 280 g/mol. The van der Waals surface area contributed by atoms with Crippen LogP contribution in [-0.4, -0.2) is 22.3 Å². The molecular formula is C14H17FN2OS. The predicted molar refractivity (Wildman–Crippen MR) is 76.2 cm³/mol. The van der Waals surface area contributed by atoms with Gasteiger partial charge in [0, 0.05) is 30.6 Å². The summed E-state index contributed by atoms with van der Waals surface area (Å²) in [6, 6.07) is 4.95. The molecule has 1 aromatic rings. The molecule has 1 amide bonds. The highest BCUT2D eigenvalue weighted by Gasteiger charge is 2.19. The summed E-state index contributed by atoms with van der Waals surface area (Å²) in [5.41, 5.74) is 6.20. The molecular weight excluding hydrogens is 263 g/mol. The maximum atomic E-state index is 14.2. The Labute approximate surface area is 117 Å². The second kappa shape index (κ2) is 6.10. The molecule has 1 heterocycles. The van der Waals surface area contributed by atoms with Crippen molar-refractivity contribution in [1.29, 1.82) is 0 Å². The molecule has 19 heavy (non-hydrogen) atoms. The molecule has 2 N–H and O–H groups in total. The third kappa shape index (κ3) is 3.29. The van der Waals surface area contributed by atoms with Gasteiger partial charge >= 0.3 is 0 Å². The van der Waals surface area contributed by atoms with Crippen molar-refractivity contribution in [2.45, 2.75) is 32.2 Å². The Kier molecular flexibility index (Phi) is 4.47. The molecule has 5 heteroatoms. The van der Waals surface area contributed by atoms with E-state index in [4.69, 9.17) is 18.0 Å². The zero-order valence-electron chi connectivity index (χ0n) is 10.7. The van der Waals surface area contributed by atoms with E-state index in [0.717, 1.165) is 19.3 Å². The Hall–Kier alpha value is -1.49. The number of benzene rings is 1. The van der Waals surface area contributed by atoms with Crippen LogP contribution in [-0.2, 0) is 11.3 Å². The first-order chi connectivity index (χ1) is 9.09. The maximum absolute atomic E-state index is 14.2. The summed E-state index contributed by atoms with van der Waals surface area (Å²) in [5, 5.41) is 0. The van der Waals surface area contributed by atoms with Crippen LogP contribution in [0.2, 0.25) is 0 Å². The fourth-order valence-corrected chi connectivity index (χ4v) is 2.46. The van der Waals surface area contributed by atoms with Gasteiger partial charge in [-0.05, 0) is 18.9 Å². The molecule has 1 saturated heterocycles. The molecule has 0 spiro atoms. The Bertz CT molecular complexity index is 504. The van der Waals surface area contributed by atoms with E-state index in [2.05, 4.69) is 0 Å². The number of amides is 1. The van der Waals surface area contributed by atoms with Crippen LogP contribution in [0.3, 0.4) is 0 Å². The normalized spacial score (nSPS) is 16.3. The Balaban J connectivity index is 2.20.